The van der Waals surface area contributed by atoms with Gasteiger partial charge >= 0.3 is 0 Å². The van der Waals surface area contributed by atoms with E-state index in [1.165, 1.54) is 16.8 Å². The summed E-state index contributed by atoms with van der Waals surface area (Å²) in [5, 5.41) is 3.52. The summed E-state index contributed by atoms with van der Waals surface area (Å²) in [4.78, 5) is 4.61. The van der Waals surface area contributed by atoms with E-state index in [9.17, 15) is 0 Å². The Morgan fingerprint density at radius 2 is 2.10 bits per heavy atom. The van der Waals surface area contributed by atoms with Crippen molar-refractivity contribution in [2.75, 3.05) is 19.0 Å². The van der Waals surface area contributed by atoms with Gasteiger partial charge in [0.05, 0.1) is 5.69 Å². The number of ether oxygens (including phenoxy) is 1. The molecule has 1 aromatic carbocycles. The minimum atomic E-state index is 0.765. The third kappa shape index (κ3) is 3.85. The fraction of sp³-hybridized carbons (Fsp3) is 0.471. The number of nitrogens with zero attached hydrogens (tertiary/aromatic N) is 2. The van der Waals surface area contributed by atoms with E-state index in [2.05, 4.69) is 53.1 Å². The summed E-state index contributed by atoms with van der Waals surface area (Å²) in [7, 11) is 1.74. The van der Waals surface area contributed by atoms with Gasteiger partial charge in [0.1, 0.15) is 0 Å². The highest BCUT2D eigenvalue weighted by Crippen LogP contribution is 2.25. The molecule has 0 atom stereocenters. The maximum Gasteiger partial charge on any atom is 0.207 e. The van der Waals surface area contributed by atoms with Crippen LogP contribution in [0.1, 0.15) is 30.2 Å². The van der Waals surface area contributed by atoms with Crippen LogP contribution in [0, 0.1) is 13.8 Å². The lowest BCUT2D eigenvalue weighted by atomic mass is 10.1. The minimum absolute atomic E-state index is 0.765. The van der Waals surface area contributed by atoms with Gasteiger partial charge in [-0.3, -0.25) is 0 Å². The van der Waals surface area contributed by atoms with Crippen LogP contribution in [0.5, 0.6) is 0 Å². The number of hydrogen-bond donors (Lipinski definition) is 1. The van der Waals surface area contributed by atoms with Crippen molar-refractivity contribution in [3.05, 3.63) is 41.2 Å². The highest BCUT2D eigenvalue weighted by Gasteiger charge is 2.10. The molecule has 0 fully saturated rings. The Labute approximate surface area is 127 Å². The van der Waals surface area contributed by atoms with Gasteiger partial charge in [0.15, 0.2) is 0 Å². The van der Waals surface area contributed by atoms with Crippen molar-refractivity contribution in [3.8, 4) is 0 Å². The van der Waals surface area contributed by atoms with Gasteiger partial charge in [-0.15, -0.1) is 0 Å². The molecule has 21 heavy (non-hydrogen) atoms. The predicted octanol–water partition coefficient (Wildman–Crippen LogP) is 3.84. The smallest absolute Gasteiger partial charge is 0.207 e. The number of hydrogen-bond acceptors (Lipinski definition) is 3. The number of imidazole rings is 1. The average Bonchev–Trinajstić information content (AvgIpc) is 2.81. The molecule has 0 radical (unpaired) electrons. The molecule has 0 saturated heterocycles. The van der Waals surface area contributed by atoms with Crippen molar-refractivity contribution in [1.29, 1.82) is 0 Å². The number of anilines is 2. The third-order valence-corrected chi connectivity index (χ3v) is 3.62. The van der Waals surface area contributed by atoms with Crippen molar-refractivity contribution >= 4 is 11.6 Å². The Hall–Kier alpha value is -1.81. The van der Waals surface area contributed by atoms with Crippen molar-refractivity contribution < 1.29 is 4.74 Å². The molecule has 4 heteroatoms. The topological polar surface area (TPSA) is 39.1 Å². The summed E-state index contributed by atoms with van der Waals surface area (Å²) in [6, 6.07) is 6.41. The molecule has 0 aliphatic heterocycles. The number of rotatable bonds is 7. The van der Waals surface area contributed by atoms with Crippen molar-refractivity contribution in [1.82, 2.24) is 9.55 Å². The molecule has 2 aromatic rings. The van der Waals surface area contributed by atoms with Crippen LogP contribution in [-0.2, 0) is 17.7 Å². The molecule has 2 rings (SSSR count). The fourth-order valence-electron chi connectivity index (χ4n) is 2.51. The summed E-state index contributed by atoms with van der Waals surface area (Å²) in [5.74, 6) is 0.910. The van der Waals surface area contributed by atoms with Crippen LogP contribution in [0.25, 0.3) is 0 Å². The number of para-hydroxylation sites is 1. The monoisotopic (exact) mass is 287 g/mol. The van der Waals surface area contributed by atoms with Gasteiger partial charge in [-0.05, 0) is 37.8 Å². The molecule has 4 nitrogen and oxygen atoms in total. The first-order valence-electron chi connectivity index (χ1n) is 7.54. The van der Waals surface area contributed by atoms with Gasteiger partial charge in [0.2, 0.25) is 5.95 Å². The lowest BCUT2D eigenvalue weighted by molar-refractivity contribution is 0.190. The van der Waals surface area contributed by atoms with E-state index in [1.54, 1.807) is 7.11 Å². The molecule has 1 heterocycles. The number of benzene rings is 1. The summed E-state index contributed by atoms with van der Waals surface area (Å²) in [6.07, 6.45) is 4.07. The number of nitrogens with one attached hydrogen (secondary N) is 1. The summed E-state index contributed by atoms with van der Waals surface area (Å²) in [6.45, 7) is 8.00. The largest absolute Gasteiger partial charge is 0.385 e. The Morgan fingerprint density at radius 3 is 2.81 bits per heavy atom. The van der Waals surface area contributed by atoms with E-state index in [1.807, 2.05) is 6.92 Å². The zero-order valence-corrected chi connectivity index (χ0v) is 13.4. The van der Waals surface area contributed by atoms with Crippen LogP contribution in [0.3, 0.4) is 0 Å². The first-order chi connectivity index (χ1) is 10.2. The Kier molecular flexibility index (Phi) is 5.39. The highest BCUT2D eigenvalue weighted by atomic mass is 16.5. The van der Waals surface area contributed by atoms with E-state index >= 15 is 0 Å². The SMILES string of the molecule is CCc1cccc(C)c1Nc1nc(C)cn1CCCOC. The molecular formula is C17H25N3O. The van der Waals surface area contributed by atoms with Gasteiger partial charge in [0, 0.05) is 32.1 Å². The maximum atomic E-state index is 5.13. The van der Waals surface area contributed by atoms with E-state index in [-0.39, 0.29) is 0 Å². The number of methoxy groups -OCH3 is 1. The Morgan fingerprint density at radius 1 is 1.29 bits per heavy atom. The maximum absolute atomic E-state index is 5.13. The first-order valence-corrected chi connectivity index (χ1v) is 7.54. The predicted molar refractivity (Wildman–Crippen MR) is 87.3 cm³/mol. The molecule has 0 spiro atoms. The van der Waals surface area contributed by atoms with Gasteiger partial charge in [-0.2, -0.15) is 0 Å². The van der Waals surface area contributed by atoms with Crippen LogP contribution in [0.15, 0.2) is 24.4 Å². The molecule has 1 N–H and O–H groups in total. The molecule has 1 aromatic heterocycles. The number of aromatic nitrogens is 2. The Balaban J connectivity index is 2.23. The fourth-order valence-corrected chi connectivity index (χ4v) is 2.51. The zero-order chi connectivity index (χ0) is 15.2. The lowest BCUT2D eigenvalue weighted by Crippen LogP contribution is -2.07. The normalized spacial score (nSPS) is 10.9. The van der Waals surface area contributed by atoms with Crippen LogP contribution < -0.4 is 5.32 Å². The molecule has 114 valence electrons. The van der Waals surface area contributed by atoms with E-state index in [0.29, 0.717) is 0 Å². The molecular weight excluding hydrogens is 262 g/mol. The van der Waals surface area contributed by atoms with Gasteiger partial charge in [-0.1, -0.05) is 25.1 Å². The molecule has 0 amide bonds. The lowest BCUT2D eigenvalue weighted by Gasteiger charge is -2.15. The van der Waals surface area contributed by atoms with Gasteiger partial charge < -0.3 is 14.6 Å². The second-order valence-electron chi connectivity index (χ2n) is 5.33. The average molecular weight is 287 g/mol. The van der Waals surface area contributed by atoms with Crippen molar-refractivity contribution in [3.63, 3.8) is 0 Å². The van der Waals surface area contributed by atoms with Gasteiger partial charge in [0.25, 0.3) is 0 Å². The van der Waals surface area contributed by atoms with Crippen LogP contribution in [0.2, 0.25) is 0 Å². The summed E-state index contributed by atoms with van der Waals surface area (Å²) in [5.41, 5.74) is 4.78. The van der Waals surface area contributed by atoms with Gasteiger partial charge in [-0.25, -0.2) is 4.98 Å². The summed E-state index contributed by atoms with van der Waals surface area (Å²) >= 11 is 0. The molecule has 0 saturated carbocycles. The summed E-state index contributed by atoms with van der Waals surface area (Å²) < 4.78 is 7.30. The van der Waals surface area contributed by atoms with Crippen LogP contribution >= 0.6 is 0 Å². The second kappa shape index (κ2) is 7.27. The second-order valence-corrected chi connectivity index (χ2v) is 5.33. The van der Waals surface area contributed by atoms with E-state index in [4.69, 9.17) is 4.74 Å². The van der Waals surface area contributed by atoms with E-state index < -0.39 is 0 Å². The first kappa shape index (κ1) is 15.6. The quantitative estimate of drug-likeness (QED) is 0.786. The molecule has 0 bridgehead atoms. The number of aryl methyl sites for hydroxylation is 4. The molecule has 0 unspecified atom stereocenters. The molecule has 0 aliphatic rings. The Bertz CT molecular complexity index is 590. The standard InChI is InChI=1S/C17H25N3O/c1-5-15-9-6-8-13(2)16(15)19-17-18-14(3)12-20(17)10-7-11-21-4/h6,8-9,12H,5,7,10-11H2,1-4H3,(H,18,19). The molecule has 0 aliphatic carbocycles. The third-order valence-electron chi connectivity index (χ3n) is 3.62. The van der Waals surface area contributed by atoms with Crippen LogP contribution in [0.4, 0.5) is 11.6 Å². The van der Waals surface area contributed by atoms with E-state index in [0.717, 1.165) is 37.6 Å². The van der Waals surface area contributed by atoms with Crippen LogP contribution in [-0.4, -0.2) is 23.3 Å². The minimum Gasteiger partial charge on any atom is -0.385 e. The highest BCUT2D eigenvalue weighted by molar-refractivity contribution is 5.63. The van der Waals surface area contributed by atoms with Crippen molar-refractivity contribution in [2.45, 2.75) is 40.2 Å². The zero-order valence-electron chi connectivity index (χ0n) is 13.4. The van der Waals surface area contributed by atoms with Crippen molar-refractivity contribution in [2.24, 2.45) is 0 Å².